The number of carbonyl (C=O) groups is 2. The van der Waals surface area contributed by atoms with Gasteiger partial charge in [-0.2, -0.15) is 0 Å². The van der Waals surface area contributed by atoms with Crippen LogP contribution in [0.15, 0.2) is 23.3 Å². The average Bonchev–Trinajstić information content (AvgIpc) is 2.77. The summed E-state index contributed by atoms with van der Waals surface area (Å²) in [5.41, 5.74) is 4.01. The molecule has 0 spiro atoms. The van der Waals surface area contributed by atoms with E-state index in [9.17, 15) is 14.8 Å². The molecule has 3 fully saturated rings. The number of allylic oxidation sites excluding steroid dienone is 4. The van der Waals surface area contributed by atoms with Gasteiger partial charge in [0.2, 0.25) is 5.91 Å². The Kier molecular flexibility index (Phi) is 5.29. The molecule has 0 radical (unpaired) electrons. The Labute approximate surface area is 212 Å². The van der Waals surface area contributed by atoms with Crippen molar-refractivity contribution in [1.82, 2.24) is 5.48 Å². The predicted molar refractivity (Wildman–Crippen MR) is 138 cm³/mol. The third-order valence-electron chi connectivity index (χ3n) is 12.7. The lowest BCUT2D eigenvalue weighted by molar-refractivity contribution is -0.169. The van der Waals surface area contributed by atoms with Crippen LogP contribution in [-0.2, 0) is 9.59 Å². The molecule has 35 heavy (non-hydrogen) atoms. The lowest BCUT2D eigenvalue weighted by atomic mass is 9.34. The highest BCUT2D eigenvalue weighted by Gasteiger charge is 2.68. The molecule has 4 nitrogen and oxygen atoms in total. The zero-order valence-corrected chi connectivity index (χ0v) is 23.3. The molecule has 0 heterocycles. The summed E-state index contributed by atoms with van der Waals surface area (Å²) in [6, 6.07) is 0. The van der Waals surface area contributed by atoms with Crippen molar-refractivity contribution >= 4 is 11.7 Å². The average molecular weight is 482 g/mol. The molecule has 0 aromatic rings. The number of rotatable bonds is 1. The van der Waals surface area contributed by atoms with Crippen LogP contribution in [0, 0.1) is 50.2 Å². The molecule has 0 bridgehead atoms. The van der Waals surface area contributed by atoms with Crippen LogP contribution in [0.2, 0.25) is 0 Å². The summed E-state index contributed by atoms with van der Waals surface area (Å²) in [6.45, 7) is 18.5. The number of nitrogens with one attached hydrogen (secondary N) is 1. The maximum atomic E-state index is 13.2. The van der Waals surface area contributed by atoms with Gasteiger partial charge < -0.3 is 0 Å². The minimum atomic E-state index is -0.490. The van der Waals surface area contributed by atoms with E-state index in [0.29, 0.717) is 17.6 Å². The zero-order valence-electron chi connectivity index (χ0n) is 23.3. The fourth-order valence-electron chi connectivity index (χ4n) is 10.6. The Hall–Kier alpha value is -1.42. The van der Waals surface area contributed by atoms with Crippen molar-refractivity contribution in [3.8, 4) is 0 Å². The molecular weight excluding hydrogens is 434 g/mol. The predicted octanol–water partition coefficient (Wildman–Crippen LogP) is 7.03. The fraction of sp³-hybridized carbons (Fsp3) is 0.806. The van der Waals surface area contributed by atoms with Crippen LogP contribution in [0.4, 0.5) is 0 Å². The SMILES string of the molecule is CC1=C[C@]2(C)[C@H]3CC=C4[C@@H]5CC(C)(C)CC[C@]5(C(=O)NO)CC[C@@]4(C)[C@]3(C)CC[C@H]2C(C)(C)C1=O. The van der Waals surface area contributed by atoms with Gasteiger partial charge in [-0.05, 0) is 103 Å². The zero-order chi connectivity index (χ0) is 25.8. The van der Waals surface area contributed by atoms with Gasteiger partial charge in [-0.25, -0.2) is 5.48 Å². The minimum Gasteiger partial charge on any atom is -0.294 e. The molecule has 5 aliphatic rings. The molecule has 5 rings (SSSR count). The van der Waals surface area contributed by atoms with Gasteiger partial charge in [0.25, 0.3) is 0 Å². The Morgan fingerprint density at radius 1 is 0.971 bits per heavy atom. The van der Waals surface area contributed by atoms with Gasteiger partial charge in [-0.3, -0.25) is 14.8 Å². The van der Waals surface area contributed by atoms with Gasteiger partial charge >= 0.3 is 0 Å². The maximum Gasteiger partial charge on any atom is 0.250 e. The largest absolute Gasteiger partial charge is 0.294 e. The highest BCUT2D eigenvalue weighted by Crippen LogP contribution is 2.75. The standard InChI is InChI=1S/C31H47NO3/c1-19-17-28(6)22(27(4,5)24(19)33)11-12-30(8)23(28)10-9-20-21-18-26(2,3)13-15-31(21,25(34)32-35)16-14-29(20,30)7/h9,17,21-23,35H,10-16,18H2,1-8H3,(H,32,34)/t21-,22-,23+,28-,29+,30+,31-/m0/s1. The third kappa shape index (κ3) is 3.01. The molecule has 4 heteroatoms. The summed E-state index contributed by atoms with van der Waals surface area (Å²) in [7, 11) is 0. The smallest absolute Gasteiger partial charge is 0.250 e. The molecule has 3 saturated carbocycles. The lowest BCUT2D eigenvalue weighted by Gasteiger charge is -2.70. The highest BCUT2D eigenvalue weighted by atomic mass is 16.5. The number of hydrogen-bond donors (Lipinski definition) is 2. The Bertz CT molecular complexity index is 1040. The summed E-state index contributed by atoms with van der Waals surface area (Å²) in [5.74, 6) is 1.17. The quantitative estimate of drug-likeness (QED) is 0.240. The van der Waals surface area contributed by atoms with Crippen LogP contribution in [0.3, 0.4) is 0 Å². The number of fused-ring (bicyclic) bond motifs is 7. The molecule has 7 atom stereocenters. The third-order valence-corrected chi connectivity index (χ3v) is 12.7. The maximum absolute atomic E-state index is 13.2. The number of ketones is 1. The van der Waals surface area contributed by atoms with Gasteiger partial charge in [0, 0.05) is 5.41 Å². The van der Waals surface area contributed by atoms with E-state index >= 15 is 0 Å². The van der Waals surface area contributed by atoms with Crippen LogP contribution in [0.25, 0.3) is 0 Å². The topological polar surface area (TPSA) is 66.4 Å². The van der Waals surface area contributed by atoms with Gasteiger partial charge in [-0.15, -0.1) is 0 Å². The molecule has 0 aliphatic heterocycles. The molecule has 0 unspecified atom stereocenters. The van der Waals surface area contributed by atoms with E-state index in [1.165, 1.54) is 5.57 Å². The number of amides is 1. The highest BCUT2D eigenvalue weighted by molar-refractivity contribution is 6.00. The van der Waals surface area contributed by atoms with Crippen LogP contribution < -0.4 is 5.48 Å². The van der Waals surface area contributed by atoms with Crippen LogP contribution in [0.1, 0.15) is 107 Å². The fourth-order valence-corrected chi connectivity index (χ4v) is 10.6. The first kappa shape index (κ1) is 25.2. The first-order valence-corrected chi connectivity index (χ1v) is 14.0. The Morgan fingerprint density at radius 2 is 1.63 bits per heavy atom. The van der Waals surface area contributed by atoms with Crippen molar-refractivity contribution in [1.29, 1.82) is 0 Å². The van der Waals surface area contributed by atoms with Crippen LogP contribution in [-0.4, -0.2) is 16.9 Å². The van der Waals surface area contributed by atoms with E-state index in [1.807, 2.05) is 6.92 Å². The molecule has 0 saturated heterocycles. The van der Waals surface area contributed by atoms with Gasteiger partial charge in [0.1, 0.15) is 0 Å². The Morgan fingerprint density at radius 3 is 2.29 bits per heavy atom. The molecule has 194 valence electrons. The van der Waals surface area contributed by atoms with E-state index in [2.05, 4.69) is 66.1 Å². The molecule has 1 amide bonds. The molecule has 0 aromatic heterocycles. The van der Waals surface area contributed by atoms with E-state index in [4.69, 9.17) is 0 Å². The van der Waals surface area contributed by atoms with Crippen LogP contribution in [0.5, 0.6) is 0 Å². The van der Waals surface area contributed by atoms with Gasteiger partial charge in [0.05, 0.1) is 5.41 Å². The molecule has 2 N–H and O–H groups in total. The van der Waals surface area contributed by atoms with Crippen molar-refractivity contribution in [2.75, 3.05) is 0 Å². The molecule has 5 aliphatic carbocycles. The second-order valence-electron chi connectivity index (χ2n) is 15.1. The number of hydroxylamine groups is 1. The minimum absolute atomic E-state index is 0.0115. The molecule has 0 aromatic carbocycles. The Balaban J connectivity index is 1.64. The number of Topliss-reactive ketones (excluding diaryl/α,β-unsaturated/α-hetero) is 1. The summed E-state index contributed by atoms with van der Waals surface area (Å²) < 4.78 is 0. The van der Waals surface area contributed by atoms with E-state index in [0.717, 1.165) is 56.9 Å². The summed E-state index contributed by atoms with van der Waals surface area (Å²) in [4.78, 5) is 26.4. The normalized spacial score (nSPS) is 47.8. The van der Waals surface area contributed by atoms with E-state index < -0.39 is 5.41 Å². The second-order valence-corrected chi connectivity index (χ2v) is 15.1. The van der Waals surface area contributed by atoms with Crippen LogP contribution >= 0.6 is 0 Å². The van der Waals surface area contributed by atoms with Crippen molar-refractivity contribution in [3.05, 3.63) is 23.3 Å². The van der Waals surface area contributed by atoms with Crippen molar-refractivity contribution in [3.63, 3.8) is 0 Å². The summed E-state index contributed by atoms with van der Waals surface area (Å²) >= 11 is 0. The summed E-state index contributed by atoms with van der Waals surface area (Å²) in [5, 5.41) is 9.75. The molecular formula is C31H47NO3. The van der Waals surface area contributed by atoms with E-state index in [1.54, 1.807) is 0 Å². The van der Waals surface area contributed by atoms with Crippen molar-refractivity contribution < 1.29 is 14.8 Å². The second kappa shape index (κ2) is 7.33. The van der Waals surface area contributed by atoms with E-state index in [-0.39, 0.29) is 38.9 Å². The first-order valence-electron chi connectivity index (χ1n) is 14.0. The van der Waals surface area contributed by atoms with Gasteiger partial charge in [0.15, 0.2) is 5.78 Å². The van der Waals surface area contributed by atoms with Gasteiger partial charge in [-0.1, -0.05) is 66.2 Å². The summed E-state index contributed by atoms with van der Waals surface area (Å²) in [6.07, 6.45) is 12.8. The van der Waals surface area contributed by atoms with Crippen molar-refractivity contribution in [2.24, 2.45) is 50.2 Å². The lowest BCUT2D eigenvalue weighted by Crippen LogP contribution is -2.64. The number of hydrogen-bond acceptors (Lipinski definition) is 3. The van der Waals surface area contributed by atoms with Crippen molar-refractivity contribution in [2.45, 2.75) is 107 Å². The monoisotopic (exact) mass is 481 g/mol. The number of carbonyl (C=O) groups excluding carboxylic acids is 2. The first-order chi connectivity index (χ1) is 16.1.